The van der Waals surface area contributed by atoms with Crippen LogP contribution in [-0.2, 0) is 0 Å². The Hall–Kier alpha value is -2.05. The molecule has 1 saturated heterocycles. The van der Waals surface area contributed by atoms with Gasteiger partial charge in [-0.05, 0) is 19.4 Å². The van der Waals surface area contributed by atoms with E-state index < -0.39 is 0 Å². The summed E-state index contributed by atoms with van der Waals surface area (Å²) in [4.78, 5) is 16.9. The van der Waals surface area contributed by atoms with Gasteiger partial charge in [0.15, 0.2) is 17.1 Å². The SMILES string of the molecule is CC[C@H](O)CN1CCN(C(=O)c2oc3c(OC)cccc3c2C)CC1. The van der Waals surface area contributed by atoms with E-state index in [0.29, 0.717) is 36.7 Å². The van der Waals surface area contributed by atoms with Crippen LogP contribution in [0.25, 0.3) is 11.0 Å². The van der Waals surface area contributed by atoms with Crippen molar-refractivity contribution in [3.05, 3.63) is 29.5 Å². The number of furan rings is 1. The number of aliphatic hydroxyl groups is 1. The van der Waals surface area contributed by atoms with Crippen LogP contribution in [0.15, 0.2) is 22.6 Å². The number of fused-ring (bicyclic) bond motifs is 1. The summed E-state index contributed by atoms with van der Waals surface area (Å²) in [7, 11) is 1.60. The van der Waals surface area contributed by atoms with E-state index in [1.807, 2.05) is 36.9 Å². The fraction of sp³-hybridized carbons (Fsp3) is 0.526. The topological polar surface area (TPSA) is 66.2 Å². The van der Waals surface area contributed by atoms with Crippen LogP contribution < -0.4 is 4.74 Å². The Balaban J connectivity index is 1.74. The average molecular weight is 346 g/mol. The molecular weight excluding hydrogens is 320 g/mol. The van der Waals surface area contributed by atoms with Crippen molar-refractivity contribution in [2.24, 2.45) is 0 Å². The van der Waals surface area contributed by atoms with Crippen molar-refractivity contribution in [3.63, 3.8) is 0 Å². The summed E-state index contributed by atoms with van der Waals surface area (Å²) in [5.74, 6) is 0.950. The molecule has 0 saturated carbocycles. The first-order valence-electron chi connectivity index (χ1n) is 8.81. The summed E-state index contributed by atoms with van der Waals surface area (Å²) >= 11 is 0. The molecule has 25 heavy (non-hydrogen) atoms. The molecule has 1 amide bonds. The zero-order valence-corrected chi connectivity index (χ0v) is 15.1. The van der Waals surface area contributed by atoms with Gasteiger partial charge in [-0.25, -0.2) is 0 Å². The highest BCUT2D eigenvalue weighted by atomic mass is 16.5. The minimum absolute atomic E-state index is 0.0774. The maximum atomic E-state index is 12.9. The minimum Gasteiger partial charge on any atom is -0.493 e. The molecule has 0 aliphatic carbocycles. The highest BCUT2D eigenvalue weighted by molar-refractivity contribution is 6.00. The van der Waals surface area contributed by atoms with Gasteiger partial charge < -0.3 is 19.2 Å². The van der Waals surface area contributed by atoms with E-state index in [9.17, 15) is 9.90 Å². The Morgan fingerprint density at radius 3 is 2.68 bits per heavy atom. The zero-order chi connectivity index (χ0) is 18.0. The largest absolute Gasteiger partial charge is 0.493 e. The molecule has 1 atom stereocenters. The van der Waals surface area contributed by atoms with Gasteiger partial charge in [0, 0.05) is 43.7 Å². The molecule has 1 fully saturated rings. The van der Waals surface area contributed by atoms with Crippen LogP contribution in [0.2, 0.25) is 0 Å². The van der Waals surface area contributed by atoms with E-state index in [1.54, 1.807) is 7.11 Å². The van der Waals surface area contributed by atoms with Crippen LogP contribution >= 0.6 is 0 Å². The standard InChI is InChI=1S/C19H26N2O4/c1-4-14(22)12-20-8-10-21(11-9-20)19(23)17-13(2)15-6-5-7-16(24-3)18(15)25-17/h5-7,14,22H,4,8-12H2,1-3H3/t14-/m0/s1. The third kappa shape index (κ3) is 3.50. The van der Waals surface area contributed by atoms with E-state index in [4.69, 9.17) is 9.15 Å². The average Bonchev–Trinajstić information content (AvgIpc) is 2.98. The Morgan fingerprint density at radius 1 is 1.32 bits per heavy atom. The number of amides is 1. The molecule has 1 aromatic carbocycles. The molecule has 0 bridgehead atoms. The number of ether oxygens (including phenoxy) is 1. The number of aryl methyl sites for hydroxylation is 1. The Kier molecular flexibility index (Phi) is 5.30. The van der Waals surface area contributed by atoms with E-state index in [2.05, 4.69) is 4.90 Å². The summed E-state index contributed by atoms with van der Waals surface area (Å²) in [5, 5.41) is 10.7. The number of nitrogens with zero attached hydrogens (tertiary/aromatic N) is 2. The number of rotatable bonds is 5. The molecular formula is C19H26N2O4. The molecule has 6 heteroatoms. The first-order chi connectivity index (χ1) is 12.0. The maximum absolute atomic E-state index is 12.9. The third-order valence-electron chi connectivity index (χ3n) is 4.94. The Labute approximate surface area is 148 Å². The van der Waals surface area contributed by atoms with Gasteiger partial charge in [0.25, 0.3) is 5.91 Å². The van der Waals surface area contributed by atoms with Crippen LogP contribution in [0.1, 0.15) is 29.5 Å². The molecule has 2 aromatic rings. The van der Waals surface area contributed by atoms with Crippen molar-refractivity contribution in [3.8, 4) is 5.75 Å². The van der Waals surface area contributed by atoms with Crippen LogP contribution in [0.5, 0.6) is 5.75 Å². The number of piperazine rings is 1. The van der Waals surface area contributed by atoms with Crippen molar-refractivity contribution in [2.75, 3.05) is 39.8 Å². The number of benzene rings is 1. The van der Waals surface area contributed by atoms with Crippen LogP contribution in [0.4, 0.5) is 0 Å². The Morgan fingerprint density at radius 2 is 2.04 bits per heavy atom. The van der Waals surface area contributed by atoms with Crippen molar-refractivity contribution < 1.29 is 19.1 Å². The Bertz CT molecular complexity index is 747. The van der Waals surface area contributed by atoms with Crippen molar-refractivity contribution in [1.82, 2.24) is 9.80 Å². The minimum atomic E-state index is -0.299. The van der Waals surface area contributed by atoms with Crippen LogP contribution in [0, 0.1) is 6.92 Å². The number of β-amino-alcohol motifs (C(OH)–C–C–N with tert-alkyl or cyclic N) is 1. The summed E-state index contributed by atoms with van der Waals surface area (Å²) in [6.07, 6.45) is 0.450. The van der Waals surface area contributed by atoms with Gasteiger partial charge in [-0.2, -0.15) is 0 Å². The second kappa shape index (κ2) is 7.45. The number of hydrogen-bond acceptors (Lipinski definition) is 5. The number of hydrogen-bond donors (Lipinski definition) is 1. The fourth-order valence-electron chi connectivity index (χ4n) is 3.29. The molecule has 1 aliphatic heterocycles. The van der Waals surface area contributed by atoms with Gasteiger partial charge in [-0.15, -0.1) is 0 Å². The fourth-order valence-corrected chi connectivity index (χ4v) is 3.29. The van der Waals surface area contributed by atoms with E-state index in [-0.39, 0.29) is 12.0 Å². The summed E-state index contributed by atoms with van der Waals surface area (Å²) in [5.41, 5.74) is 1.47. The monoisotopic (exact) mass is 346 g/mol. The lowest BCUT2D eigenvalue weighted by Crippen LogP contribution is -2.50. The van der Waals surface area contributed by atoms with E-state index in [0.717, 1.165) is 30.5 Å². The van der Waals surface area contributed by atoms with Gasteiger partial charge in [0.05, 0.1) is 13.2 Å². The molecule has 3 rings (SSSR count). The molecule has 2 heterocycles. The smallest absolute Gasteiger partial charge is 0.289 e. The molecule has 1 aromatic heterocycles. The van der Waals surface area contributed by atoms with E-state index in [1.165, 1.54) is 0 Å². The number of para-hydroxylation sites is 1. The van der Waals surface area contributed by atoms with Crippen molar-refractivity contribution in [1.29, 1.82) is 0 Å². The molecule has 1 aliphatic rings. The first-order valence-corrected chi connectivity index (χ1v) is 8.81. The third-order valence-corrected chi connectivity index (χ3v) is 4.94. The van der Waals surface area contributed by atoms with Crippen LogP contribution in [-0.4, -0.2) is 66.8 Å². The summed E-state index contributed by atoms with van der Waals surface area (Å²) in [6.45, 7) is 7.37. The number of carbonyl (C=O) groups is 1. The predicted molar refractivity (Wildman–Crippen MR) is 96.1 cm³/mol. The summed E-state index contributed by atoms with van der Waals surface area (Å²) in [6, 6.07) is 5.67. The van der Waals surface area contributed by atoms with Gasteiger partial charge in [0.1, 0.15) is 0 Å². The first kappa shape index (κ1) is 17.8. The van der Waals surface area contributed by atoms with E-state index >= 15 is 0 Å². The van der Waals surface area contributed by atoms with Gasteiger partial charge >= 0.3 is 0 Å². The predicted octanol–water partition coefficient (Wildman–Crippen LogP) is 2.28. The normalized spacial score (nSPS) is 17.0. The van der Waals surface area contributed by atoms with Crippen LogP contribution in [0.3, 0.4) is 0 Å². The van der Waals surface area contributed by atoms with Crippen molar-refractivity contribution >= 4 is 16.9 Å². The molecule has 0 radical (unpaired) electrons. The second-order valence-corrected chi connectivity index (χ2v) is 6.55. The number of methoxy groups -OCH3 is 1. The highest BCUT2D eigenvalue weighted by Crippen LogP contribution is 2.32. The summed E-state index contributed by atoms with van der Waals surface area (Å²) < 4.78 is 11.2. The number of aliphatic hydroxyl groups excluding tert-OH is 1. The second-order valence-electron chi connectivity index (χ2n) is 6.55. The maximum Gasteiger partial charge on any atom is 0.289 e. The van der Waals surface area contributed by atoms with Gasteiger partial charge in [-0.1, -0.05) is 19.1 Å². The quantitative estimate of drug-likeness (QED) is 0.900. The molecule has 0 unspecified atom stereocenters. The van der Waals surface area contributed by atoms with Crippen molar-refractivity contribution in [2.45, 2.75) is 26.4 Å². The number of carbonyl (C=O) groups excluding carboxylic acids is 1. The molecule has 1 N–H and O–H groups in total. The highest BCUT2D eigenvalue weighted by Gasteiger charge is 2.27. The molecule has 0 spiro atoms. The lowest BCUT2D eigenvalue weighted by atomic mass is 10.1. The van der Waals surface area contributed by atoms with Gasteiger partial charge in [-0.3, -0.25) is 9.69 Å². The lowest BCUT2D eigenvalue weighted by Gasteiger charge is -2.35. The molecule has 136 valence electrons. The van der Waals surface area contributed by atoms with Gasteiger partial charge in [0.2, 0.25) is 0 Å². The molecule has 6 nitrogen and oxygen atoms in total. The lowest BCUT2D eigenvalue weighted by molar-refractivity contribution is 0.0501. The zero-order valence-electron chi connectivity index (χ0n) is 15.1.